The number of benzene rings is 9. The number of nitrogens with two attached hydrogens (primary N) is 3. The molecule has 24 nitrogen and oxygen atoms in total. The van der Waals surface area contributed by atoms with Gasteiger partial charge in [-0.3, -0.25) is 29.1 Å². The number of carbonyl (C=O) groups is 4. The van der Waals surface area contributed by atoms with E-state index in [1.807, 2.05) is 141 Å². The number of ketones is 2. The summed E-state index contributed by atoms with van der Waals surface area (Å²) in [7, 11) is 12.7. The third-order valence-corrected chi connectivity index (χ3v) is 19.0. The molecule has 5 aromatic heterocycles. The summed E-state index contributed by atoms with van der Waals surface area (Å²) in [6, 6.07) is 81.9. The van der Waals surface area contributed by atoms with Gasteiger partial charge in [0.25, 0.3) is 12.4 Å². The first-order valence-electron chi connectivity index (χ1n) is 40.9. The molecule has 0 saturated heterocycles. The second-order valence-corrected chi connectivity index (χ2v) is 31.7. The smallest absolute Gasteiger partial charge is 1.00 e. The van der Waals surface area contributed by atoms with E-state index in [1.165, 1.54) is 103 Å². The maximum Gasteiger partial charge on any atom is 1.00 e. The quantitative estimate of drug-likeness (QED) is 0.00389. The molecule has 0 fully saturated rings. The van der Waals surface area contributed by atoms with Crippen LogP contribution in [0.5, 0.6) is 23.0 Å². The van der Waals surface area contributed by atoms with Gasteiger partial charge in [-0.25, -0.2) is 10.3 Å². The molecular weight excluding hydrogens is 2230 g/mol. The number of halogens is 13. The normalized spacial score (nSPS) is 11.0. The van der Waals surface area contributed by atoms with Gasteiger partial charge in [-0.05, 0) is 241 Å². The van der Waals surface area contributed by atoms with Crippen molar-refractivity contribution >= 4 is 103 Å². The van der Waals surface area contributed by atoms with Crippen LogP contribution < -0.4 is 101 Å². The number of ether oxygens (including phenoxy) is 5. The van der Waals surface area contributed by atoms with Gasteiger partial charge in [0.05, 0.1) is 43.6 Å². The van der Waals surface area contributed by atoms with Crippen LogP contribution in [0.4, 0.5) is 35.1 Å². The van der Waals surface area contributed by atoms with Crippen LogP contribution in [0.2, 0.25) is 0 Å². The van der Waals surface area contributed by atoms with E-state index < -0.39 is 43.6 Å². The van der Waals surface area contributed by atoms with Gasteiger partial charge in [0.2, 0.25) is 11.6 Å². The first-order valence-corrected chi connectivity index (χ1v) is 47.6. The molecule has 6 N–H and O–H groups in total. The third-order valence-electron chi connectivity index (χ3n) is 17.3. The third kappa shape index (κ3) is 53.9. The molecule has 40 heteroatoms. The number of nitriles is 2. The summed E-state index contributed by atoms with van der Waals surface area (Å²) in [4.78, 5) is 58.5. The Bertz CT molecular complexity index is 6090. The Morgan fingerprint density at radius 1 is 0.528 bits per heavy atom. The maximum atomic E-state index is 13.3. The van der Waals surface area contributed by atoms with Crippen molar-refractivity contribution in [2.24, 2.45) is 27.2 Å². The second-order valence-electron chi connectivity index (χ2n) is 26.9. The number of likely N-dealkylation sites (N-methyl/N-ethyl adjacent to an activating group) is 1. The summed E-state index contributed by atoms with van der Waals surface area (Å²) in [5, 5.41) is 23.2. The molecule has 0 spiro atoms. The number of amides is 1. The molecule has 0 radical (unpaired) electrons. The van der Waals surface area contributed by atoms with Gasteiger partial charge in [0, 0.05) is 109 Å². The second kappa shape index (κ2) is 78.2. The molecule has 1 atom stereocenters. The van der Waals surface area contributed by atoms with Crippen LogP contribution in [0.25, 0.3) is 0 Å². The van der Waals surface area contributed by atoms with Gasteiger partial charge < -0.3 is 82.0 Å². The Hall–Kier alpha value is -12.3. The molecule has 1 amide bonds. The molecule has 15 rings (SSSR count). The van der Waals surface area contributed by atoms with Crippen LogP contribution in [-0.4, -0.2) is 94.5 Å². The average molecular weight is 2330 g/mol. The van der Waals surface area contributed by atoms with Crippen molar-refractivity contribution < 1.29 is 187 Å². The molecule has 0 aliphatic carbocycles. The number of aliphatic imine (C=N–C) groups is 2. The first-order chi connectivity index (χ1) is 67.9. The van der Waals surface area contributed by atoms with Crippen molar-refractivity contribution in [2.75, 3.05) is 27.3 Å². The van der Waals surface area contributed by atoms with E-state index >= 15 is 0 Å². The summed E-state index contributed by atoms with van der Waals surface area (Å²) < 4.78 is 147. The minimum atomic E-state index is -2.95. The van der Waals surface area contributed by atoms with Crippen LogP contribution in [-0.2, 0) is 71.7 Å². The van der Waals surface area contributed by atoms with Gasteiger partial charge in [-0.2, -0.15) is 40.4 Å². The van der Waals surface area contributed by atoms with Gasteiger partial charge in [-0.15, -0.1) is 6.42 Å². The van der Waals surface area contributed by atoms with Gasteiger partial charge in [0.1, 0.15) is 46.0 Å². The molecule has 9 aromatic carbocycles. The Kier molecular flexibility index (Phi) is 71.6. The number of nitrogens with zero attached hydrogens (tertiary/aromatic N) is 5. The number of hydrogen-bond donors (Lipinski definition) is 3. The largest absolute Gasteiger partial charge is 1.00 e. The van der Waals surface area contributed by atoms with Crippen molar-refractivity contribution in [1.82, 2.24) is 4.90 Å². The fourth-order valence-corrected chi connectivity index (χ4v) is 12.6. The minimum absolute atomic E-state index is 0. The molecule has 14 aromatic rings. The Balaban J connectivity index is 0. The molecule has 0 saturated carbocycles. The van der Waals surface area contributed by atoms with Crippen LogP contribution in [0.3, 0.4) is 0 Å². The van der Waals surface area contributed by atoms with Gasteiger partial charge in [0.15, 0.2) is 17.5 Å². The fraction of sp³-hybridized carbons (Fsp3) is 0.163. The van der Waals surface area contributed by atoms with Gasteiger partial charge in [-0.1, -0.05) is 157 Å². The average Bonchev–Trinajstić information content (AvgIpc) is 1.59. The van der Waals surface area contributed by atoms with E-state index in [0.29, 0.717) is 36.0 Å². The summed E-state index contributed by atoms with van der Waals surface area (Å²) >= 11 is 10.1. The molecule has 0 bridgehead atoms. The topological polar surface area (TPSA) is 366 Å². The van der Waals surface area contributed by atoms with Crippen molar-refractivity contribution in [1.29, 1.82) is 10.5 Å². The summed E-state index contributed by atoms with van der Waals surface area (Å²) in [5.41, 5.74) is 23.3. The molecule has 754 valence electrons. The van der Waals surface area contributed by atoms with E-state index in [2.05, 4.69) is 135 Å². The molecule has 6 heterocycles. The SMILES string of the molecule is BrCc1cccc(Br)c1.Brc1cccc(Cc2ccco2)c1.C#Cc1ccc(OC(F)F)cc1.C#N.CC#N.CCOCC.CN1C(=O)C(c2ccc(OC(F)F)cc2)(c2cccc(Cc3ccco3)c2)N=C1N.CN=C(N)N.FC(F)Oc1ccc(C#Cc2cccc(Cc3ccco3)c2)cc1.O=C(C(=O)c1cccc(Cc2ccco2)c1)c1ccc(OC(F)F)cc1.O=CO[O-].[CH3-].[Cl][Pd][Cl].[H-].[Na+].[Na+].c1ccoc1. The number of Topliss-reactive ketones (excluding diaryl/α,β-unsaturated/α-hetero) is 2. The minimum Gasteiger partial charge on any atom is -1.00 e. The summed E-state index contributed by atoms with van der Waals surface area (Å²) in [6.45, 7) is -1.08. The Labute approximate surface area is 917 Å². The van der Waals surface area contributed by atoms with Crippen LogP contribution in [0.1, 0.15) is 122 Å². The van der Waals surface area contributed by atoms with Crippen molar-refractivity contribution in [3.8, 4) is 59.8 Å². The number of terminal acetylenes is 1. The van der Waals surface area contributed by atoms with E-state index in [1.54, 1.807) is 105 Å². The van der Waals surface area contributed by atoms with E-state index in [-0.39, 0.29) is 142 Å². The van der Waals surface area contributed by atoms with Crippen molar-refractivity contribution in [3.63, 3.8) is 0 Å². The van der Waals surface area contributed by atoms with E-state index in [4.69, 9.17) is 85.7 Å². The zero-order valence-corrected chi connectivity index (χ0v) is 90.6. The number of hydrogen-bond acceptors (Lipinski definition) is 21. The zero-order chi connectivity index (χ0) is 104. The van der Waals surface area contributed by atoms with Crippen LogP contribution in [0.15, 0.2) is 358 Å². The Morgan fingerprint density at radius 2 is 0.868 bits per heavy atom. The monoisotopic (exact) mass is 2330 g/mol. The van der Waals surface area contributed by atoms with Crippen LogP contribution in [0, 0.1) is 54.8 Å². The number of rotatable bonds is 25. The summed E-state index contributed by atoms with van der Waals surface area (Å²) in [5.74, 6) is 10.5. The van der Waals surface area contributed by atoms with Crippen molar-refractivity contribution in [2.45, 2.75) is 83.8 Å². The molecule has 1 unspecified atom stereocenters. The molecule has 1 aliphatic rings. The zero-order valence-electron chi connectivity index (χ0n) is 79.7. The van der Waals surface area contributed by atoms with Gasteiger partial charge >= 0.3 is 121 Å². The first kappa shape index (κ1) is 132. The van der Waals surface area contributed by atoms with E-state index in [0.717, 1.165) is 84.8 Å². The molecule has 1 aliphatic heterocycles. The van der Waals surface area contributed by atoms with Crippen molar-refractivity contribution in [3.05, 3.63) is 423 Å². The predicted molar refractivity (Wildman–Crippen MR) is 533 cm³/mol. The van der Waals surface area contributed by atoms with Crippen LogP contribution >= 0.6 is 66.8 Å². The fourth-order valence-electron chi connectivity index (χ4n) is 11.4. The summed E-state index contributed by atoms with van der Waals surface area (Å²) in [6.07, 6.45) is 17.4. The predicted octanol–water partition coefficient (Wildman–Crippen LogP) is 18.4. The maximum absolute atomic E-state index is 13.3. The number of alkyl halides is 9. The molecule has 144 heavy (non-hydrogen) atoms. The van der Waals surface area contributed by atoms with E-state index in [9.17, 15) is 49.5 Å². The standard InChI is InChI=1S/C22H19F2N3O3.C20H14F2O4.C20H14F2O2.C11H9BrO.C9H6F2O.C7H6Br2.C4H4O.C4H10O.C2H7N3.C2H3N.CHN.CH2O3.CH3.2ClH.2Na.Pd.H/c1-27-19(28)22(26-21(27)25,15-7-9-17(10-8-15)30-20(23)24)16-5-2-4-14(12-16)13-18-6-3-11-29-18;21-20(22)26-16-8-6-14(7-9-16)18(23)19(24)15-4-1-3-13(11-15)12-17-5-2-10-25-17;21-20(22)24-18-10-8-15(9-11-18)6-7-16-3-1-4-17(13-16)14-19-5-2-12-23-19;12-10-4-1-3-9(7-10)8-11-5-2-6-13-11;1-2-7-3-5-8(6-4-7)12-9(10)11;8-5-6-2-1-3-7(9)4-6;1-2-4-5-3-1;1-3-5-4-2;1-5-2(3)4;1-2-3;1-2;2-1-4-3;;;;;;;/h2-12,20H,13H2,1H3,(H2,25,26);1-11,20H,12H2;1-5,8-13,20H,14H2;1-7H,8H2;1,3-6,9H;1-4H,5H2;1-4H;3-4H2,1-2H3;1H3,(H4,3,4,5);1H3;1H;1,3H;1H3;2*1H;;;;/q;;;;;;;;;;;;-1;;;2*+1;+2;-1/p-3. The number of guanidine groups is 2. The number of furan rings is 5. The number of carbonyl (C=O) groups excluding carboxylic acids is 4. The Morgan fingerprint density at radius 3 is 1.19 bits per heavy atom. The molecular formula is C104H98Br3Cl2F8N8Na2O16Pd-.